The molecule has 102 valence electrons. The van der Waals surface area contributed by atoms with Crippen molar-refractivity contribution in [2.24, 2.45) is 5.92 Å². The topological polar surface area (TPSA) is 66.0 Å². The highest BCUT2D eigenvalue weighted by Crippen LogP contribution is 2.31. The number of nitrogens with one attached hydrogen (secondary N) is 1. The molecule has 0 saturated heterocycles. The number of H-pyrrole nitrogens is 1. The first-order valence-corrected chi connectivity index (χ1v) is 6.66. The number of aliphatic carboxylic acids is 1. The maximum Gasteiger partial charge on any atom is 0.311 e. The number of rotatable bonds is 3. The third-order valence-corrected chi connectivity index (χ3v) is 3.72. The number of carboxylic acids is 1. The molecule has 0 aliphatic heterocycles. The minimum atomic E-state index is -0.780. The Bertz CT molecular complexity index is 789. The molecule has 2 heterocycles. The Morgan fingerprint density at radius 2 is 1.95 bits per heavy atom. The fourth-order valence-electron chi connectivity index (χ4n) is 2.76. The van der Waals surface area contributed by atoms with Gasteiger partial charge in [0.15, 0.2) is 0 Å². The van der Waals surface area contributed by atoms with Crippen LogP contribution in [0.15, 0.2) is 36.7 Å². The molecule has 1 aromatic carbocycles. The molecule has 1 unspecified atom stereocenters. The van der Waals surface area contributed by atoms with Gasteiger partial charge < -0.3 is 10.1 Å². The molecule has 2 aromatic heterocycles. The molecular weight excluding hydrogens is 252 g/mol. The average molecular weight is 268 g/mol. The zero-order chi connectivity index (χ0) is 14.3. The van der Waals surface area contributed by atoms with E-state index in [1.807, 2.05) is 44.3 Å². The Balaban J connectivity index is 2.23. The first-order valence-electron chi connectivity index (χ1n) is 6.66. The molecule has 3 aromatic rings. The van der Waals surface area contributed by atoms with Crippen LogP contribution in [0.1, 0.15) is 25.3 Å². The summed E-state index contributed by atoms with van der Waals surface area (Å²) in [4.78, 5) is 18.9. The summed E-state index contributed by atoms with van der Waals surface area (Å²) in [7, 11) is 0. The molecule has 20 heavy (non-hydrogen) atoms. The number of hydrogen-bond acceptors (Lipinski definition) is 2. The zero-order valence-electron chi connectivity index (χ0n) is 11.4. The summed E-state index contributed by atoms with van der Waals surface area (Å²) in [5, 5.41) is 11.5. The van der Waals surface area contributed by atoms with E-state index in [-0.39, 0.29) is 5.92 Å². The average Bonchev–Trinajstić information content (AvgIpc) is 2.76. The molecule has 0 bridgehead atoms. The van der Waals surface area contributed by atoms with Crippen LogP contribution >= 0.6 is 0 Å². The highest BCUT2D eigenvalue weighted by Gasteiger charge is 2.24. The van der Waals surface area contributed by atoms with Gasteiger partial charge in [-0.15, -0.1) is 0 Å². The van der Waals surface area contributed by atoms with Crippen LogP contribution < -0.4 is 0 Å². The summed E-state index contributed by atoms with van der Waals surface area (Å²) >= 11 is 0. The van der Waals surface area contributed by atoms with Gasteiger partial charge >= 0.3 is 5.97 Å². The van der Waals surface area contributed by atoms with E-state index in [4.69, 9.17) is 0 Å². The molecular formula is C16H16N2O2. The van der Waals surface area contributed by atoms with Crippen molar-refractivity contribution in [3.05, 3.63) is 42.2 Å². The van der Waals surface area contributed by atoms with Crippen molar-refractivity contribution >= 4 is 27.8 Å². The second-order valence-corrected chi connectivity index (χ2v) is 5.41. The monoisotopic (exact) mass is 268 g/mol. The Kier molecular flexibility index (Phi) is 2.93. The molecule has 0 spiro atoms. The SMILES string of the molecule is CC(C)C(C(=O)O)c1ccc2[nH]c3ccncc3c2c1. The zero-order valence-corrected chi connectivity index (χ0v) is 11.4. The lowest BCUT2D eigenvalue weighted by Crippen LogP contribution is -2.17. The highest BCUT2D eigenvalue weighted by molar-refractivity contribution is 6.07. The summed E-state index contributed by atoms with van der Waals surface area (Å²) in [6.07, 6.45) is 3.55. The highest BCUT2D eigenvalue weighted by atomic mass is 16.4. The summed E-state index contributed by atoms with van der Waals surface area (Å²) < 4.78 is 0. The Hall–Kier alpha value is -2.36. The van der Waals surface area contributed by atoms with Crippen molar-refractivity contribution in [1.82, 2.24) is 9.97 Å². The second kappa shape index (κ2) is 4.63. The summed E-state index contributed by atoms with van der Waals surface area (Å²) in [5.74, 6) is -1.22. The number of nitrogens with zero attached hydrogens (tertiary/aromatic N) is 1. The van der Waals surface area contributed by atoms with Crippen molar-refractivity contribution in [2.75, 3.05) is 0 Å². The predicted octanol–water partition coefficient (Wildman–Crippen LogP) is 3.54. The molecule has 0 saturated carbocycles. The van der Waals surface area contributed by atoms with Crippen molar-refractivity contribution in [1.29, 1.82) is 0 Å². The van der Waals surface area contributed by atoms with Gasteiger partial charge in [0.05, 0.1) is 5.92 Å². The van der Waals surface area contributed by atoms with Gasteiger partial charge in [-0.3, -0.25) is 9.78 Å². The summed E-state index contributed by atoms with van der Waals surface area (Å²) in [5.41, 5.74) is 2.86. The molecule has 3 rings (SSSR count). The fourth-order valence-corrected chi connectivity index (χ4v) is 2.76. The lowest BCUT2D eigenvalue weighted by Gasteiger charge is -2.16. The van der Waals surface area contributed by atoms with Gasteiger partial charge in [-0.2, -0.15) is 0 Å². The molecule has 4 nitrogen and oxygen atoms in total. The fraction of sp³-hybridized carbons (Fsp3) is 0.250. The Labute approximate surface area is 116 Å². The van der Waals surface area contributed by atoms with Gasteiger partial charge in [-0.25, -0.2) is 0 Å². The van der Waals surface area contributed by atoms with Crippen molar-refractivity contribution < 1.29 is 9.90 Å². The first-order chi connectivity index (χ1) is 9.58. The first kappa shape index (κ1) is 12.7. The van der Waals surface area contributed by atoms with Crippen molar-refractivity contribution in [3.63, 3.8) is 0 Å². The molecule has 0 aliphatic carbocycles. The van der Waals surface area contributed by atoms with Crippen LogP contribution in [-0.2, 0) is 4.79 Å². The number of benzene rings is 1. The molecule has 4 heteroatoms. The van der Waals surface area contributed by atoms with E-state index in [0.717, 1.165) is 27.4 Å². The third-order valence-electron chi connectivity index (χ3n) is 3.72. The van der Waals surface area contributed by atoms with Gasteiger partial charge in [0, 0.05) is 34.2 Å². The molecule has 0 radical (unpaired) electrons. The number of carbonyl (C=O) groups is 1. The van der Waals surface area contributed by atoms with Gasteiger partial charge in [0.2, 0.25) is 0 Å². The number of hydrogen-bond donors (Lipinski definition) is 2. The minimum absolute atomic E-state index is 0.0493. The van der Waals surface area contributed by atoms with E-state index in [9.17, 15) is 9.90 Å². The van der Waals surface area contributed by atoms with Crippen LogP contribution in [0.3, 0.4) is 0 Å². The summed E-state index contributed by atoms with van der Waals surface area (Å²) in [6, 6.07) is 7.73. The molecule has 0 aliphatic rings. The molecule has 0 fully saturated rings. The third kappa shape index (κ3) is 1.93. The normalized spacial score (nSPS) is 13.2. The van der Waals surface area contributed by atoms with Crippen molar-refractivity contribution in [3.8, 4) is 0 Å². The lowest BCUT2D eigenvalue weighted by molar-refractivity contribution is -0.139. The smallest absolute Gasteiger partial charge is 0.311 e. The largest absolute Gasteiger partial charge is 0.481 e. The van der Waals surface area contributed by atoms with Crippen LogP contribution in [0.4, 0.5) is 0 Å². The number of fused-ring (bicyclic) bond motifs is 3. The van der Waals surface area contributed by atoms with Crippen LogP contribution in [-0.4, -0.2) is 21.0 Å². The standard InChI is InChI=1S/C16H16N2O2/c1-9(2)15(16(19)20)10-3-4-13-11(7-10)12-8-17-6-5-14(12)18-13/h3-9,15,18H,1-2H3,(H,19,20). The maximum absolute atomic E-state index is 11.5. The van der Waals surface area contributed by atoms with Gasteiger partial charge in [0.25, 0.3) is 0 Å². The predicted molar refractivity (Wildman–Crippen MR) is 78.8 cm³/mol. The Morgan fingerprint density at radius 3 is 2.65 bits per heavy atom. The van der Waals surface area contributed by atoms with Gasteiger partial charge in [0.1, 0.15) is 0 Å². The minimum Gasteiger partial charge on any atom is -0.481 e. The van der Waals surface area contributed by atoms with Crippen molar-refractivity contribution in [2.45, 2.75) is 19.8 Å². The van der Waals surface area contributed by atoms with Crippen LogP contribution in [0.2, 0.25) is 0 Å². The number of aromatic nitrogens is 2. The number of carboxylic acid groups (broad SMARTS) is 1. The van der Waals surface area contributed by atoms with E-state index in [1.54, 1.807) is 6.20 Å². The number of pyridine rings is 1. The molecule has 2 N–H and O–H groups in total. The van der Waals surface area contributed by atoms with E-state index < -0.39 is 11.9 Å². The van der Waals surface area contributed by atoms with Crippen LogP contribution in [0, 0.1) is 5.92 Å². The number of aromatic amines is 1. The van der Waals surface area contributed by atoms with E-state index >= 15 is 0 Å². The molecule has 1 atom stereocenters. The summed E-state index contributed by atoms with van der Waals surface area (Å²) in [6.45, 7) is 3.86. The molecule has 0 amide bonds. The second-order valence-electron chi connectivity index (χ2n) is 5.41. The van der Waals surface area contributed by atoms with Gasteiger partial charge in [-0.1, -0.05) is 19.9 Å². The quantitative estimate of drug-likeness (QED) is 0.763. The maximum atomic E-state index is 11.5. The van der Waals surface area contributed by atoms with Crippen LogP contribution in [0.25, 0.3) is 21.8 Å². The van der Waals surface area contributed by atoms with E-state index in [1.165, 1.54) is 0 Å². The van der Waals surface area contributed by atoms with Crippen LogP contribution in [0.5, 0.6) is 0 Å². The van der Waals surface area contributed by atoms with Gasteiger partial charge in [-0.05, 0) is 29.7 Å². The van der Waals surface area contributed by atoms with E-state index in [0.29, 0.717) is 0 Å². The van der Waals surface area contributed by atoms with E-state index in [2.05, 4.69) is 9.97 Å². The Morgan fingerprint density at radius 1 is 1.20 bits per heavy atom. The lowest BCUT2D eigenvalue weighted by atomic mass is 9.88.